The summed E-state index contributed by atoms with van der Waals surface area (Å²) in [5.74, 6) is -2.62. The molecule has 4 aromatic rings. The lowest BCUT2D eigenvalue weighted by Gasteiger charge is -2.29. The van der Waals surface area contributed by atoms with Crippen LogP contribution in [0.25, 0.3) is 33.5 Å². The van der Waals surface area contributed by atoms with Crippen LogP contribution in [0.5, 0.6) is 0 Å². The number of amides is 2. The Balaban J connectivity index is 1.41. The molecule has 1 N–H and O–H groups in total. The van der Waals surface area contributed by atoms with E-state index in [2.05, 4.69) is 4.98 Å². The molecule has 2 aromatic heterocycles. The number of hydrogen-bond donors (Lipinski definition) is 1. The van der Waals surface area contributed by atoms with Crippen molar-refractivity contribution in [2.75, 3.05) is 13.1 Å². The first-order valence-electron chi connectivity index (χ1n) is 18.6. The summed E-state index contributed by atoms with van der Waals surface area (Å²) in [5, 5.41) is 0.639. The van der Waals surface area contributed by atoms with Crippen LogP contribution < -0.4 is 0 Å². The number of benzene rings is 2. The number of halogens is 4. The molecule has 9 nitrogen and oxygen atoms in total. The molecule has 2 aromatic carbocycles. The van der Waals surface area contributed by atoms with Crippen molar-refractivity contribution in [2.45, 2.75) is 117 Å². The molecule has 2 amide bonds. The van der Waals surface area contributed by atoms with Crippen molar-refractivity contribution in [2.24, 2.45) is 11.8 Å². The maximum Gasteiger partial charge on any atom is 0.307 e. The van der Waals surface area contributed by atoms with Crippen LogP contribution in [-0.4, -0.2) is 85.2 Å². The number of H-pyrrole nitrogens is 1. The molecule has 0 bridgehead atoms. The van der Waals surface area contributed by atoms with E-state index in [0.29, 0.717) is 51.9 Å². The quantitative estimate of drug-likeness (QED) is 0.126. The van der Waals surface area contributed by atoms with Gasteiger partial charge in [0.2, 0.25) is 11.8 Å². The highest BCUT2D eigenvalue weighted by atomic mass is 19.1. The van der Waals surface area contributed by atoms with E-state index >= 15 is 4.39 Å². The van der Waals surface area contributed by atoms with Crippen molar-refractivity contribution in [3.05, 3.63) is 53.6 Å². The number of likely N-dealkylation sites (tertiary alicyclic amines) is 2. The standard InChI is InChI=1S/C40H49F4N5O4/c1-7-22(3)38(51)48-20-27(44)15-29(48)21-49-34-12-10-25(42)17-33(34)46-37(49)36-31(30-11-9-24(41)16-32(30)45-36)18-28-14-26(43)19-47(28)39(52)23(8-2)13-35(50)53-40(4,5)6/h9-12,16-17,22-23,26-29,45H,7-8,13-15,18-21H2,1-6H3/t22-,23+,26-,27-,28-,29-/m0/s1. The van der Waals surface area contributed by atoms with E-state index in [1.165, 1.54) is 29.2 Å². The summed E-state index contributed by atoms with van der Waals surface area (Å²) in [6.45, 7) is 10.8. The Morgan fingerprint density at radius 3 is 2.23 bits per heavy atom. The van der Waals surface area contributed by atoms with Crippen LogP contribution in [0, 0.1) is 23.5 Å². The van der Waals surface area contributed by atoms with Crippen LogP contribution in [0.3, 0.4) is 0 Å². The number of nitrogens with one attached hydrogen (secondary N) is 1. The van der Waals surface area contributed by atoms with Crippen molar-refractivity contribution in [3.63, 3.8) is 0 Å². The molecular weight excluding hydrogens is 690 g/mol. The monoisotopic (exact) mass is 739 g/mol. The molecule has 2 aliphatic rings. The average molecular weight is 740 g/mol. The zero-order chi connectivity index (χ0) is 38.4. The van der Waals surface area contributed by atoms with Crippen LogP contribution in [0.1, 0.15) is 79.2 Å². The first-order chi connectivity index (χ1) is 25.1. The van der Waals surface area contributed by atoms with Crippen molar-refractivity contribution < 1.29 is 36.7 Å². The van der Waals surface area contributed by atoms with Gasteiger partial charge in [-0.2, -0.15) is 0 Å². The second-order valence-corrected chi connectivity index (χ2v) is 15.7. The summed E-state index contributed by atoms with van der Waals surface area (Å²) in [7, 11) is 0. The average Bonchev–Trinajstić information content (AvgIpc) is 3.84. The Hall–Kier alpha value is -4.42. The van der Waals surface area contributed by atoms with Gasteiger partial charge in [-0.05, 0) is 75.9 Å². The van der Waals surface area contributed by atoms with Crippen molar-refractivity contribution >= 4 is 39.7 Å². The number of alkyl halides is 2. The predicted molar refractivity (Wildman–Crippen MR) is 194 cm³/mol. The molecule has 286 valence electrons. The zero-order valence-electron chi connectivity index (χ0n) is 31.2. The fourth-order valence-corrected chi connectivity index (χ4v) is 7.86. The first-order valence-corrected chi connectivity index (χ1v) is 18.6. The molecule has 0 saturated carbocycles. The van der Waals surface area contributed by atoms with E-state index < -0.39 is 53.5 Å². The number of imidazole rings is 1. The van der Waals surface area contributed by atoms with Crippen LogP contribution in [0.2, 0.25) is 0 Å². The molecule has 6 rings (SSSR count). The van der Waals surface area contributed by atoms with Gasteiger partial charge in [-0.25, -0.2) is 22.5 Å². The SMILES string of the molecule is CC[C@H](CC(=O)OC(C)(C)C)C(=O)N1C[C@@H](F)C[C@H]1Cc1c(-c2nc3cc(F)ccc3n2C[C@@H]2C[C@H](F)CN2C(=O)[C@@H](C)CC)[nH]c2cc(F)ccc12. The maximum atomic E-state index is 15.3. The Bertz CT molecular complexity index is 2000. The lowest BCUT2D eigenvalue weighted by atomic mass is 9.97. The Morgan fingerprint density at radius 2 is 1.57 bits per heavy atom. The summed E-state index contributed by atoms with van der Waals surface area (Å²) in [5.41, 5.74) is 1.73. The highest BCUT2D eigenvalue weighted by Crippen LogP contribution is 2.38. The lowest BCUT2D eigenvalue weighted by molar-refractivity contribution is -0.158. The number of carbonyl (C=O) groups is 3. The minimum atomic E-state index is -1.30. The molecule has 2 aliphatic heterocycles. The first kappa shape index (κ1) is 38.3. The molecule has 0 unspecified atom stereocenters. The van der Waals surface area contributed by atoms with E-state index in [4.69, 9.17) is 9.72 Å². The van der Waals surface area contributed by atoms with Gasteiger partial charge >= 0.3 is 5.97 Å². The van der Waals surface area contributed by atoms with Gasteiger partial charge in [0.25, 0.3) is 0 Å². The topological polar surface area (TPSA) is 101 Å². The minimum absolute atomic E-state index is 0.0238. The fraction of sp³-hybridized carbons (Fsp3) is 0.550. The van der Waals surface area contributed by atoms with Crippen molar-refractivity contribution in [1.29, 1.82) is 0 Å². The van der Waals surface area contributed by atoms with Crippen molar-refractivity contribution in [1.82, 2.24) is 24.3 Å². The second-order valence-electron chi connectivity index (χ2n) is 15.7. The number of fused-ring (bicyclic) bond motifs is 2. The Labute approximate surface area is 307 Å². The van der Waals surface area contributed by atoms with Gasteiger partial charge in [-0.1, -0.05) is 20.8 Å². The number of esters is 1. The van der Waals surface area contributed by atoms with Gasteiger partial charge < -0.3 is 24.1 Å². The molecule has 53 heavy (non-hydrogen) atoms. The molecule has 0 spiro atoms. The number of ether oxygens (including phenoxy) is 1. The van der Waals surface area contributed by atoms with E-state index in [1.807, 2.05) is 18.4 Å². The largest absolute Gasteiger partial charge is 0.460 e. The smallest absolute Gasteiger partial charge is 0.307 e. The van der Waals surface area contributed by atoms with Crippen LogP contribution in [0.15, 0.2) is 36.4 Å². The molecular formula is C40H49F4N5O4. The summed E-state index contributed by atoms with van der Waals surface area (Å²) in [4.78, 5) is 51.3. The number of aromatic amines is 1. The number of aromatic nitrogens is 3. The highest BCUT2D eigenvalue weighted by molar-refractivity contribution is 5.92. The third-order valence-corrected chi connectivity index (χ3v) is 10.6. The summed E-state index contributed by atoms with van der Waals surface area (Å²) in [6.07, 6.45) is -1.35. The molecule has 13 heteroatoms. The van der Waals surface area contributed by atoms with Gasteiger partial charge in [0.05, 0.1) is 42.3 Å². The molecule has 4 heterocycles. The Kier molecular flexibility index (Phi) is 10.9. The van der Waals surface area contributed by atoms with E-state index in [0.717, 1.165) is 0 Å². The summed E-state index contributed by atoms with van der Waals surface area (Å²) >= 11 is 0. The predicted octanol–water partition coefficient (Wildman–Crippen LogP) is 7.69. The van der Waals surface area contributed by atoms with E-state index in [9.17, 15) is 27.6 Å². The van der Waals surface area contributed by atoms with Gasteiger partial charge in [0.15, 0.2) is 5.82 Å². The van der Waals surface area contributed by atoms with E-state index in [1.54, 1.807) is 44.7 Å². The zero-order valence-corrected chi connectivity index (χ0v) is 31.2. The fourth-order valence-electron chi connectivity index (χ4n) is 7.86. The molecule has 0 aliphatic carbocycles. The molecule has 2 saturated heterocycles. The molecule has 6 atom stereocenters. The van der Waals surface area contributed by atoms with Gasteiger partial charge in [0.1, 0.15) is 29.6 Å². The van der Waals surface area contributed by atoms with E-state index in [-0.39, 0.29) is 63.0 Å². The van der Waals surface area contributed by atoms with Gasteiger partial charge in [-0.15, -0.1) is 0 Å². The third kappa shape index (κ3) is 8.08. The number of carbonyl (C=O) groups excluding carboxylic acids is 3. The third-order valence-electron chi connectivity index (χ3n) is 10.6. The van der Waals surface area contributed by atoms with Crippen LogP contribution in [-0.2, 0) is 32.1 Å². The molecule has 2 fully saturated rings. The number of rotatable bonds is 11. The second kappa shape index (κ2) is 15.1. The minimum Gasteiger partial charge on any atom is -0.460 e. The summed E-state index contributed by atoms with van der Waals surface area (Å²) < 4.78 is 66.9. The summed E-state index contributed by atoms with van der Waals surface area (Å²) in [6, 6.07) is 7.37. The number of hydrogen-bond acceptors (Lipinski definition) is 5. The highest BCUT2D eigenvalue weighted by Gasteiger charge is 2.41. The molecule has 0 radical (unpaired) electrons. The van der Waals surface area contributed by atoms with Crippen molar-refractivity contribution in [3.8, 4) is 11.5 Å². The normalized spacial score (nSPS) is 21.8. The Morgan fingerprint density at radius 1 is 0.925 bits per heavy atom. The lowest BCUT2D eigenvalue weighted by Crippen LogP contribution is -2.42. The van der Waals surface area contributed by atoms with Crippen LogP contribution in [0.4, 0.5) is 17.6 Å². The van der Waals surface area contributed by atoms with Gasteiger partial charge in [0, 0.05) is 54.2 Å². The van der Waals surface area contributed by atoms with Crippen LogP contribution >= 0.6 is 0 Å². The number of nitrogens with zero attached hydrogens (tertiary/aromatic N) is 4. The maximum absolute atomic E-state index is 15.3. The van der Waals surface area contributed by atoms with Gasteiger partial charge in [-0.3, -0.25) is 14.4 Å².